The Labute approximate surface area is 90.3 Å². The lowest BCUT2D eigenvalue weighted by Crippen LogP contribution is -1.90. The van der Waals surface area contributed by atoms with Crippen LogP contribution in [0.25, 0.3) is 11.1 Å². The van der Waals surface area contributed by atoms with Crippen molar-refractivity contribution in [2.24, 2.45) is 0 Å². The number of para-hydroxylation sites is 1. The number of hydrogen-bond donors (Lipinski definition) is 0. The van der Waals surface area contributed by atoms with Crippen molar-refractivity contribution in [3.8, 4) is 16.9 Å². The molecule has 0 aliphatic carbocycles. The summed E-state index contributed by atoms with van der Waals surface area (Å²) >= 11 is 0. The molecule has 0 N–H and O–H groups in total. The van der Waals surface area contributed by atoms with Crippen LogP contribution in [0.1, 0.15) is 5.56 Å². The van der Waals surface area contributed by atoms with Gasteiger partial charge in [0.1, 0.15) is 5.75 Å². The molecule has 75 valence electrons. The summed E-state index contributed by atoms with van der Waals surface area (Å²) in [6.45, 7) is 2.05. The lowest BCUT2D eigenvalue weighted by Gasteiger charge is -2.10. The average molecular weight is 197 g/mol. The van der Waals surface area contributed by atoms with Gasteiger partial charge in [-0.3, -0.25) is 0 Å². The molecule has 2 rings (SSSR count). The number of methoxy groups -OCH3 is 1. The highest BCUT2D eigenvalue weighted by molar-refractivity contribution is 5.71. The second kappa shape index (κ2) is 4.18. The summed E-state index contributed by atoms with van der Waals surface area (Å²) in [6.07, 6.45) is 0. The van der Waals surface area contributed by atoms with Crippen LogP contribution in [0, 0.1) is 13.0 Å². The summed E-state index contributed by atoms with van der Waals surface area (Å²) in [6, 6.07) is 17.1. The van der Waals surface area contributed by atoms with Crippen molar-refractivity contribution in [1.82, 2.24) is 0 Å². The van der Waals surface area contributed by atoms with E-state index in [2.05, 4.69) is 25.1 Å². The molecule has 0 heterocycles. The standard InChI is InChI=1S/C14H13O/c1-11-7-6-10-13(14(11)15-2)12-8-4-3-5-9-12/h4-10H,1-2H3. The Balaban J connectivity index is 2.58. The third-order valence-corrected chi connectivity index (χ3v) is 2.45. The molecule has 0 bridgehead atoms. The summed E-state index contributed by atoms with van der Waals surface area (Å²) in [5, 5.41) is 0. The van der Waals surface area contributed by atoms with E-state index in [-0.39, 0.29) is 0 Å². The van der Waals surface area contributed by atoms with E-state index in [0.29, 0.717) is 0 Å². The molecule has 0 unspecified atom stereocenters. The summed E-state index contributed by atoms with van der Waals surface area (Å²) in [4.78, 5) is 0. The molecular weight excluding hydrogens is 184 g/mol. The van der Waals surface area contributed by atoms with Crippen LogP contribution < -0.4 is 4.74 Å². The van der Waals surface area contributed by atoms with E-state index in [9.17, 15) is 0 Å². The van der Waals surface area contributed by atoms with Gasteiger partial charge in [-0.2, -0.15) is 0 Å². The number of rotatable bonds is 2. The first-order valence-electron chi connectivity index (χ1n) is 4.93. The monoisotopic (exact) mass is 197 g/mol. The van der Waals surface area contributed by atoms with Crippen molar-refractivity contribution >= 4 is 0 Å². The molecule has 0 aliphatic heterocycles. The molecule has 1 radical (unpaired) electrons. The highest BCUT2D eigenvalue weighted by Gasteiger charge is 2.06. The summed E-state index contributed by atoms with van der Waals surface area (Å²) < 4.78 is 5.42. The molecule has 2 aromatic carbocycles. The zero-order valence-electron chi connectivity index (χ0n) is 8.95. The van der Waals surface area contributed by atoms with Gasteiger partial charge in [-0.1, -0.05) is 42.5 Å². The van der Waals surface area contributed by atoms with E-state index in [1.165, 1.54) is 0 Å². The van der Waals surface area contributed by atoms with E-state index in [0.717, 1.165) is 22.4 Å². The molecule has 0 fully saturated rings. The molecule has 1 nitrogen and oxygen atoms in total. The van der Waals surface area contributed by atoms with Gasteiger partial charge in [0, 0.05) is 5.56 Å². The minimum absolute atomic E-state index is 0.948. The number of aryl methyl sites for hydroxylation is 1. The number of hydrogen-bond acceptors (Lipinski definition) is 1. The maximum Gasteiger partial charge on any atom is 0.129 e. The number of benzene rings is 2. The van der Waals surface area contributed by atoms with Crippen LogP contribution in [-0.2, 0) is 0 Å². The first-order valence-corrected chi connectivity index (χ1v) is 4.93. The molecule has 0 spiro atoms. The van der Waals surface area contributed by atoms with Crippen molar-refractivity contribution in [3.63, 3.8) is 0 Å². The highest BCUT2D eigenvalue weighted by Crippen LogP contribution is 2.32. The van der Waals surface area contributed by atoms with Gasteiger partial charge in [-0.15, -0.1) is 0 Å². The SMILES string of the molecule is COc1c(C)cccc1-c1cc[c]cc1. The van der Waals surface area contributed by atoms with Gasteiger partial charge in [0.05, 0.1) is 7.11 Å². The van der Waals surface area contributed by atoms with Crippen molar-refractivity contribution in [2.75, 3.05) is 7.11 Å². The molecule has 15 heavy (non-hydrogen) atoms. The zero-order chi connectivity index (χ0) is 10.7. The van der Waals surface area contributed by atoms with Crippen LogP contribution in [0.5, 0.6) is 5.75 Å². The number of ether oxygens (including phenoxy) is 1. The Kier molecular flexibility index (Phi) is 2.72. The normalized spacial score (nSPS) is 10.0. The smallest absolute Gasteiger partial charge is 0.129 e. The fourth-order valence-electron chi connectivity index (χ4n) is 1.72. The van der Waals surface area contributed by atoms with E-state index in [1.54, 1.807) is 7.11 Å². The van der Waals surface area contributed by atoms with Gasteiger partial charge in [0.25, 0.3) is 0 Å². The van der Waals surface area contributed by atoms with Gasteiger partial charge in [0.15, 0.2) is 0 Å². The van der Waals surface area contributed by atoms with Crippen LogP contribution in [0.3, 0.4) is 0 Å². The lowest BCUT2D eigenvalue weighted by molar-refractivity contribution is 0.413. The topological polar surface area (TPSA) is 9.23 Å². The maximum absolute atomic E-state index is 5.42. The molecule has 0 amide bonds. The second-order valence-electron chi connectivity index (χ2n) is 3.44. The van der Waals surface area contributed by atoms with Gasteiger partial charge in [-0.25, -0.2) is 0 Å². The van der Waals surface area contributed by atoms with E-state index < -0.39 is 0 Å². The fourth-order valence-corrected chi connectivity index (χ4v) is 1.72. The Morgan fingerprint density at radius 2 is 1.80 bits per heavy atom. The van der Waals surface area contributed by atoms with Gasteiger partial charge >= 0.3 is 0 Å². The molecule has 0 atom stereocenters. The Bertz CT molecular complexity index is 446. The zero-order valence-corrected chi connectivity index (χ0v) is 8.95. The van der Waals surface area contributed by atoms with Crippen molar-refractivity contribution < 1.29 is 4.74 Å². The van der Waals surface area contributed by atoms with Crippen LogP contribution in [-0.4, -0.2) is 7.11 Å². The quantitative estimate of drug-likeness (QED) is 0.716. The van der Waals surface area contributed by atoms with Gasteiger partial charge in [-0.05, 0) is 24.1 Å². The second-order valence-corrected chi connectivity index (χ2v) is 3.44. The molecule has 0 saturated carbocycles. The Morgan fingerprint density at radius 3 is 2.47 bits per heavy atom. The van der Waals surface area contributed by atoms with E-state index in [4.69, 9.17) is 4.74 Å². The Hall–Kier alpha value is -1.76. The van der Waals surface area contributed by atoms with Gasteiger partial charge < -0.3 is 4.74 Å². The largest absolute Gasteiger partial charge is 0.496 e. The van der Waals surface area contributed by atoms with Crippen molar-refractivity contribution in [2.45, 2.75) is 6.92 Å². The van der Waals surface area contributed by atoms with Crippen LogP contribution in [0.2, 0.25) is 0 Å². The third kappa shape index (κ3) is 1.86. The van der Waals surface area contributed by atoms with E-state index in [1.807, 2.05) is 30.3 Å². The summed E-state index contributed by atoms with van der Waals surface area (Å²) in [5.41, 5.74) is 3.45. The summed E-state index contributed by atoms with van der Waals surface area (Å²) in [5.74, 6) is 0.948. The molecule has 0 aromatic heterocycles. The molecule has 0 aliphatic rings. The summed E-state index contributed by atoms with van der Waals surface area (Å²) in [7, 11) is 1.71. The van der Waals surface area contributed by atoms with Crippen LogP contribution >= 0.6 is 0 Å². The predicted octanol–water partition coefficient (Wildman–Crippen LogP) is 3.47. The maximum atomic E-state index is 5.42. The lowest BCUT2D eigenvalue weighted by atomic mass is 10.0. The minimum Gasteiger partial charge on any atom is -0.496 e. The van der Waals surface area contributed by atoms with Crippen LogP contribution in [0.15, 0.2) is 42.5 Å². The molecule has 2 aromatic rings. The van der Waals surface area contributed by atoms with E-state index >= 15 is 0 Å². The first kappa shape index (κ1) is 9.78. The Morgan fingerprint density at radius 1 is 1.07 bits per heavy atom. The van der Waals surface area contributed by atoms with Gasteiger partial charge in [0.2, 0.25) is 0 Å². The molecular formula is C14H13O. The van der Waals surface area contributed by atoms with Crippen molar-refractivity contribution in [1.29, 1.82) is 0 Å². The highest BCUT2D eigenvalue weighted by atomic mass is 16.5. The molecule has 0 saturated heterocycles. The minimum atomic E-state index is 0.948. The van der Waals surface area contributed by atoms with Crippen molar-refractivity contribution in [3.05, 3.63) is 54.1 Å². The first-order chi connectivity index (χ1) is 7.33. The third-order valence-electron chi connectivity index (χ3n) is 2.45. The molecule has 1 heteroatoms. The van der Waals surface area contributed by atoms with Crippen LogP contribution in [0.4, 0.5) is 0 Å². The fraction of sp³-hybridized carbons (Fsp3) is 0.143. The predicted molar refractivity (Wildman–Crippen MR) is 62.0 cm³/mol. The average Bonchev–Trinajstić information content (AvgIpc) is 2.30.